The summed E-state index contributed by atoms with van der Waals surface area (Å²) in [4.78, 5) is 13.9. The lowest BCUT2D eigenvalue weighted by molar-refractivity contribution is 0.0766. The number of carbonyl (C=O) groups is 1. The Morgan fingerprint density at radius 3 is 2.59 bits per heavy atom. The number of halogens is 2. The molecule has 17 heavy (non-hydrogen) atoms. The van der Waals surface area contributed by atoms with Crippen molar-refractivity contribution < 1.29 is 9.18 Å². The zero-order valence-electron chi connectivity index (χ0n) is 10.2. The van der Waals surface area contributed by atoms with Crippen LogP contribution in [-0.2, 0) is 0 Å². The zero-order valence-corrected chi connectivity index (χ0v) is 11.8. The van der Waals surface area contributed by atoms with Gasteiger partial charge in [0.1, 0.15) is 5.82 Å². The zero-order chi connectivity index (χ0) is 12.8. The van der Waals surface area contributed by atoms with E-state index >= 15 is 0 Å². The predicted molar refractivity (Wildman–Crippen MR) is 71.1 cm³/mol. The molecule has 94 valence electrons. The SMILES string of the molecule is CCCN(CCBr)C(=O)c1cc(C)cc(F)c1. The van der Waals surface area contributed by atoms with Crippen molar-refractivity contribution in [3.05, 3.63) is 35.1 Å². The summed E-state index contributed by atoms with van der Waals surface area (Å²) >= 11 is 3.32. The molecule has 0 spiro atoms. The lowest BCUT2D eigenvalue weighted by Gasteiger charge is -2.21. The lowest BCUT2D eigenvalue weighted by Crippen LogP contribution is -2.33. The van der Waals surface area contributed by atoms with Gasteiger partial charge < -0.3 is 4.90 Å². The van der Waals surface area contributed by atoms with E-state index in [4.69, 9.17) is 0 Å². The molecule has 0 fully saturated rings. The Balaban J connectivity index is 2.92. The van der Waals surface area contributed by atoms with Gasteiger partial charge in [0.15, 0.2) is 0 Å². The lowest BCUT2D eigenvalue weighted by atomic mass is 10.1. The molecule has 0 saturated heterocycles. The first-order valence-corrected chi connectivity index (χ1v) is 6.83. The summed E-state index contributed by atoms with van der Waals surface area (Å²) in [6.45, 7) is 5.14. The Labute approximate surface area is 110 Å². The van der Waals surface area contributed by atoms with E-state index in [2.05, 4.69) is 15.9 Å². The van der Waals surface area contributed by atoms with Gasteiger partial charge in [-0.1, -0.05) is 22.9 Å². The van der Waals surface area contributed by atoms with Crippen molar-refractivity contribution in [3.63, 3.8) is 0 Å². The normalized spacial score (nSPS) is 10.4. The Kier molecular flexibility index (Phi) is 5.62. The van der Waals surface area contributed by atoms with E-state index in [-0.39, 0.29) is 11.7 Å². The van der Waals surface area contributed by atoms with Gasteiger partial charge in [0.25, 0.3) is 5.91 Å². The molecule has 2 nitrogen and oxygen atoms in total. The number of hydrogen-bond acceptors (Lipinski definition) is 1. The first-order valence-electron chi connectivity index (χ1n) is 5.71. The third-order valence-corrected chi connectivity index (χ3v) is 2.78. The van der Waals surface area contributed by atoms with Crippen LogP contribution in [0.1, 0.15) is 29.3 Å². The van der Waals surface area contributed by atoms with Crippen LogP contribution < -0.4 is 0 Å². The smallest absolute Gasteiger partial charge is 0.253 e. The summed E-state index contributed by atoms with van der Waals surface area (Å²) in [7, 11) is 0. The van der Waals surface area contributed by atoms with Gasteiger partial charge in [0.05, 0.1) is 0 Å². The standard InChI is InChI=1S/C13H17BrFNO/c1-3-5-16(6-4-14)13(17)11-7-10(2)8-12(15)9-11/h7-9H,3-6H2,1-2H3. The number of nitrogens with zero attached hydrogens (tertiary/aromatic N) is 1. The molecule has 0 unspecified atom stereocenters. The minimum Gasteiger partial charge on any atom is -0.338 e. The van der Waals surface area contributed by atoms with Crippen LogP contribution in [0.2, 0.25) is 0 Å². The maximum atomic E-state index is 13.2. The molecule has 0 saturated carbocycles. The molecule has 0 heterocycles. The van der Waals surface area contributed by atoms with Gasteiger partial charge in [-0.3, -0.25) is 4.79 Å². The van der Waals surface area contributed by atoms with E-state index in [0.29, 0.717) is 18.7 Å². The molecule has 0 aliphatic heterocycles. The Hall–Kier alpha value is -0.900. The first kappa shape index (κ1) is 14.2. The van der Waals surface area contributed by atoms with E-state index in [1.807, 2.05) is 6.92 Å². The second-order valence-corrected chi connectivity index (χ2v) is 4.79. The van der Waals surface area contributed by atoms with Gasteiger partial charge >= 0.3 is 0 Å². The van der Waals surface area contributed by atoms with Crippen molar-refractivity contribution >= 4 is 21.8 Å². The van der Waals surface area contributed by atoms with Gasteiger partial charge in [-0.25, -0.2) is 4.39 Å². The van der Waals surface area contributed by atoms with Crippen molar-refractivity contribution in [2.75, 3.05) is 18.4 Å². The van der Waals surface area contributed by atoms with Crippen molar-refractivity contribution in [2.45, 2.75) is 20.3 Å². The molecule has 1 aromatic carbocycles. The quantitative estimate of drug-likeness (QED) is 0.764. The third-order valence-electron chi connectivity index (χ3n) is 2.42. The number of rotatable bonds is 5. The number of benzene rings is 1. The summed E-state index contributed by atoms with van der Waals surface area (Å²) in [5.74, 6) is -0.461. The maximum absolute atomic E-state index is 13.2. The largest absolute Gasteiger partial charge is 0.338 e. The minimum atomic E-state index is -0.358. The van der Waals surface area contributed by atoms with Gasteiger partial charge in [-0.05, 0) is 37.1 Å². The van der Waals surface area contributed by atoms with E-state index in [1.165, 1.54) is 12.1 Å². The fraction of sp³-hybridized carbons (Fsp3) is 0.462. The van der Waals surface area contributed by atoms with Crippen LogP contribution in [-0.4, -0.2) is 29.2 Å². The summed E-state index contributed by atoms with van der Waals surface area (Å²) in [5.41, 5.74) is 1.19. The number of alkyl halides is 1. The van der Waals surface area contributed by atoms with Crippen LogP contribution in [0.3, 0.4) is 0 Å². The highest BCUT2D eigenvalue weighted by molar-refractivity contribution is 9.09. The predicted octanol–water partition coefficient (Wildman–Crippen LogP) is 3.38. The van der Waals surface area contributed by atoms with Crippen LogP contribution in [0.4, 0.5) is 4.39 Å². The van der Waals surface area contributed by atoms with Gasteiger partial charge in [0, 0.05) is 24.0 Å². The van der Waals surface area contributed by atoms with Crippen LogP contribution in [0.15, 0.2) is 18.2 Å². The van der Waals surface area contributed by atoms with Crippen LogP contribution in [0, 0.1) is 12.7 Å². The van der Waals surface area contributed by atoms with Gasteiger partial charge in [0.2, 0.25) is 0 Å². The highest BCUT2D eigenvalue weighted by Crippen LogP contribution is 2.11. The van der Waals surface area contributed by atoms with E-state index < -0.39 is 0 Å². The molecule has 0 aliphatic rings. The maximum Gasteiger partial charge on any atom is 0.253 e. The van der Waals surface area contributed by atoms with Gasteiger partial charge in [-0.2, -0.15) is 0 Å². The molecule has 4 heteroatoms. The molecule has 1 amide bonds. The van der Waals surface area contributed by atoms with E-state index in [1.54, 1.807) is 17.9 Å². The van der Waals surface area contributed by atoms with Crippen LogP contribution in [0.25, 0.3) is 0 Å². The second kappa shape index (κ2) is 6.74. The number of carbonyl (C=O) groups excluding carboxylic acids is 1. The first-order chi connectivity index (χ1) is 8.08. The Bertz CT molecular complexity index is 369. The van der Waals surface area contributed by atoms with Gasteiger partial charge in [-0.15, -0.1) is 0 Å². The molecule has 1 rings (SSSR count). The van der Waals surface area contributed by atoms with Crippen molar-refractivity contribution in [1.82, 2.24) is 4.90 Å². The molecule has 0 radical (unpaired) electrons. The number of hydrogen-bond donors (Lipinski definition) is 0. The molecule has 1 aromatic rings. The molecule has 0 atom stereocenters. The Morgan fingerprint density at radius 1 is 1.35 bits per heavy atom. The van der Waals surface area contributed by atoms with Crippen LogP contribution >= 0.6 is 15.9 Å². The summed E-state index contributed by atoms with van der Waals surface area (Å²) in [6.07, 6.45) is 0.896. The number of amides is 1. The summed E-state index contributed by atoms with van der Waals surface area (Å²) < 4.78 is 13.2. The fourth-order valence-electron chi connectivity index (χ4n) is 1.73. The molecular weight excluding hydrogens is 285 g/mol. The average molecular weight is 302 g/mol. The molecule has 0 aromatic heterocycles. The van der Waals surface area contributed by atoms with Crippen molar-refractivity contribution in [1.29, 1.82) is 0 Å². The molecule has 0 bridgehead atoms. The highest BCUT2D eigenvalue weighted by Gasteiger charge is 2.15. The minimum absolute atomic E-state index is 0.103. The van der Waals surface area contributed by atoms with Crippen molar-refractivity contribution in [2.24, 2.45) is 0 Å². The third kappa shape index (κ3) is 4.11. The fourth-order valence-corrected chi connectivity index (χ4v) is 2.16. The second-order valence-electron chi connectivity index (χ2n) is 4.00. The van der Waals surface area contributed by atoms with Crippen molar-refractivity contribution in [3.8, 4) is 0 Å². The van der Waals surface area contributed by atoms with E-state index in [0.717, 1.165) is 17.3 Å². The Morgan fingerprint density at radius 2 is 2.06 bits per heavy atom. The molecule has 0 aliphatic carbocycles. The summed E-state index contributed by atoms with van der Waals surface area (Å²) in [5, 5.41) is 0.729. The highest BCUT2D eigenvalue weighted by atomic mass is 79.9. The molecule has 0 N–H and O–H groups in total. The van der Waals surface area contributed by atoms with E-state index in [9.17, 15) is 9.18 Å². The topological polar surface area (TPSA) is 20.3 Å². The molecular formula is C13H17BrFNO. The monoisotopic (exact) mass is 301 g/mol. The number of aryl methyl sites for hydroxylation is 1. The summed E-state index contributed by atoms with van der Waals surface area (Å²) in [6, 6.07) is 4.44. The average Bonchev–Trinajstić information content (AvgIpc) is 2.26. The van der Waals surface area contributed by atoms with Crippen LogP contribution in [0.5, 0.6) is 0 Å².